The highest BCUT2D eigenvalue weighted by molar-refractivity contribution is 7.92. The molecule has 18 heteroatoms. The largest absolute Gasteiger partial charge is 0.490 e. The Hall–Kier alpha value is -3.54. The van der Waals surface area contributed by atoms with E-state index in [0.29, 0.717) is 12.8 Å². The lowest BCUT2D eigenvalue weighted by Crippen LogP contribution is -2.39. The molecule has 1 fully saturated rings. The van der Waals surface area contributed by atoms with Crippen molar-refractivity contribution in [2.75, 3.05) is 17.8 Å². The first kappa shape index (κ1) is 35.7. The lowest BCUT2D eigenvalue weighted by molar-refractivity contribution is -0.192. The molecule has 1 aliphatic rings. The molecule has 1 aliphatic heterocycles. The van der Waals surface area contributed by atoms with E-state index in [0.717, 1.165) is 30.5 Å². The van der Waals surface area contributed by atoms with Crippen molar-refractivity contribution >= 4 is 51.2 Å². The molecule has 0 spiro atoms. The summed E-state index contributed by atoms with van der Waals surface area (Å²) in [5.74, 6) is -5.69. The Morgan fingerprint density at radius 1 is 1.23 bits per heavy atom. The van der Waals surface area contributed by atoms with Gasteiger partial charge in [0.1, 0.15) is 16.9 Å². The molecule has 1 atom stereocenters. The summed E-state index contributed by atoms with van der Waals surface area (Å²) in [7, 11) is -4.56. The minimum absolute atomic E-state index is 0.0354. The summed E-state index contributed by atoms with van der Waals surface area (Å²) in [4.78, 5) is 22.2. The third kappa shape index (κ3) is 10.3. The van der Waals surface area contributed by atoms with Crippen molar-refractivity contribution in [2.24, 2.45) is 0 Å². The van der Waals surface area contributed by atoms with Crippen LogP contribution in [0.1, 0.15) is 31.4 Å². The molecule has 3 aromatic rings. The summed E-state index contributed by atoms with van der Waals surface area (Å²) in [6, 6.07) is 11.2. The van der Waals surface area contributed by atoms with E-state index in [1.54, 1.807) is 0 Å². The van der Waals surface area contributed by atoms with Crippen LogP contribution in [0.2, 0.25) is 5.02 Å². The van der Waals surface area contributed by atoms with Gasteiger partial charge in [-0.1, -0.05) is 41.9 Å². The molecular weight excluding hydrogens is 649 g/mol. The second-order valence-corrected chi connectivity index (χ2v) is 11.4. The van der Waals surface area contributed by atoms with Crippen LogP contribution in [0.25, 0.3) is 0 Å². The van der Waals surface area contributed by atoms with E-state index in [1.807, 2.05) is 22.9 Å². The molecule has 43 heavy (non-hydrogen) atoms. The van der Waals surface area contributed by atoms with Gasteiger partial charge in [-0.25, -0.2) is 27.0 Å². The molecule has 2 aromatic carbocycles. The minimum Gasteiger partial charge on any atom is -0.489 e. The molecule has 2 heterocycles. The van der Waals surface area contributed by atoms with Crippen molar-refractivity contribution in [2.45, 2.75) is 43.0 Å². The Kier molecular flexibility index (Phi) is 13.1. The summed E-state index contributed by atoms with van der Waals surface area (Å²) < 4.78 is 94.1. The maximum atomic E-state index is 14.9. The van der Waals surface area contributed by atoms with Crippen LogP contribution in [0, 0.1) is 11.6 Å². The first-order chi connectivity index (χ1) is 20.1. The van der Waals surface area contributed by atoms with Gasteiger partial charge in [0.05, 0.1) is 5.51 Å². The number of hydrogen-bond donors (Lipinski definition) is 3. The number of piperidine rings is 1. The maximum absolute atomic E-state index is 14.9. The van der Waals surface area contributed by atoms with Gasteiger partial charge in [0.15, 0.2) is 22.3 Å². The smallest absolute Gasteiger partial charge is 0.489 e. The number of halogens is 6. The van der Waals surface area contributed by atoms with Crippen LogP contribution in [0.3, 0.4) is 0 Å². The van der Waals surface area contributed by atoms with Gasteiger partial charge in [-0.05, 0) is 25.3 Å². The van der Waals surface area contributed by atoms with Crippen LogP contribution in [0.5, 0.6) is 5.75 Å². The van der Waals surface area contributed by atoms with Crippen LogP contribution < -0.4 is 9.46 Å². The minimum atomic E-state index is -5.08. The SMILES string of the molecule is C[C@H](c1ccccc1)N1CCC(Oc2cc(F)c(S(=O)(=O)Nc3cscn3)c(F)c2Cl)CC1.O=C(O)C(F)(F)F.O=CO. The summed E-state index contributed by atoms with van der Waals surface area (Å²) >= 11 is 7.19. The number of hydrogen-bond acceptors (Lipinski definition) is 8. The summed E-state index contributed by atoms with van der Waals surface area (Å²) in [6.07, 6.45) is -4.10. The number of alkyl halides is 3. The number of likely N-dealkylation sites (tertiary alicyclic amines) is 1. The van der Waals surface area contributed by atoms with Gasteiger partial charge in [0.2, 0.25) is 0 Å². The lowest BCUT2D eigenvalue weighted by atomic mass is 10.0. The fourth-order valence-corrected chi connectivity index (χ4v) is 5.79. The summed E-state index contributed by atoms with van der Waals surface area (Å²) in [5, 5.41) is 14.8. The van der Waals surface area contributed by atoms with Gasteiger partial charge < -0.3 is 14.9 Å². The average Bonchev–Trinajstić information content (AvgIpc) is 3.44. The molecule has 0 bridgehead atoms. The van der Waals surface area contributed by atoms with E-state index in [1.165, 1.54) is 16.5 Å². The number of ether oxygens (including phenoxy) is 1. The number of nitrogens with zero attached hydrogens (tertiary/aromatic N) is 2. The zero-order valence-electron chi connectivity index (χ0n) is 22.1. The van der Waals surface area contributed by atoms with Crippen LogP contribution in [-0.4, -0.2) is 66.3 Å². The van der Waals surface area contributed by atoms with Gasteiger partial charge in [-0.15, -0.1) is 11.3 Å². The molecule has 10 nitrogen and oxygen atoms in total. The molecule has 0 unspecified atom stereocenters. The molecule has 3 N–H and O–H groups in total. The number of anilines is 1. The molecule has 0 radical (unpaired) electrons. The van der Waals surface area contributed by atoms with Crippen molar-refractivity contribution in [3.63, 3.8) is 0 Å². The number of sulfonamides is 1. The molecule has 1 saturated heterocycles. The number of rotatable bonds is 7. The van der Waals surface area contributed by atoms with Crippen molar-refractivity contribution in [1.29, 1.82) is 0 Å². The third-order valence-corrected chi connectivity index (χ3v) is 8.19. The van der Waals surface area contributed by atoms with E-state index < -0.39 is 43.7 Å². The van der Waals surface area contributed by atoms with Gasteiger partial charge >= 0.3 is 12.1 Å². The zero-order valence-corrected chi connectivity index (χ0v) is 24.5. The van der Waals surface area contributed by atoms with Gasteiger partial charge in [-0.3, -0.25) is 14.4 Å². The highest BCUT2D eigenvalue weighted by Crippen LogP contribution is 2.36. The number of carboxylic acids is 1. The number of thiazole rings is 1. The molecular formula is C25H25ClF5N3O7S2. The van der Waals surface area contributed by atoms with Gasteiger partial charge in [0, 0.05) is 30.6 Å². The molecule has 4 rings (SSSR count). The Balaban J connectivity index is 0.000000560. The number of carboxylic acid groups (broad SMARTS) is 2. The second-order valence-electron chi connectivity index (χ2n) is 8.64. The monoisotopic (exact) mass is 673 g/mol. The summed E-state index contributed by atoms with van der Waals surface area (Å²) in [6.45, 7) is 3.37. The Bertz CT molecular complexity index is 1460. The predicted octanol–water partition coefficient (Wildman–Crippen LogP) is 5.81. The van der Waals surface area contributed by atoms with Crippen LogP contribution in [-0.2, 0) is 19.6 Å². The Morgan fingerprint density at radius 2 is 1.79 bits per heavy atom. The van der Waals surface area contributed by atoms with Gasteiger partial charge in [-0.2, -0.15) is 13.2 Å². The van der Waals surface area contributed by atoms with Gasteiger partial charge in [0.25, 0.3) is 16.5 Å². The quantitative estimate of drug-likeness (QED) is 0.161. The van der Waals surface area contributed by atoms with E-state index in [-0.39, 0.29) is 30.2 Å². The number of nitrogens with one attached hydrogen (secondary N) is 1. The Morgan fingerprint density at radius 3 is 2.28 bits per heavy atom. The van der Waals surface area contributed by atoms with Crippen LogP contribution in [0.4, 0.5) is 27.8 Å². The van der Waals surface area contributed by atoms with Crippen molar-refractivity contribution in [3.05, 3.63) is 69.5 Å². The number of aliphatic carboxylic acids is 1. The molecule has 0 aliphatic carbocycles. The molecule has 1 aromatic heterocycles. The second kappa shape index (κ2) is 15.8. The van der Waals surface area contributed by atoms with E-state index in [2.05, 4.69) is 28.9 Å². The first-order valence-electron chi connectivity index (χ1n) is 12.0. The zero-order chi connectivity index (χ0) is 32.4. The molecule has 0 amide bonds. The standard InChI is InChI=1S/C22H22ClF2N3O3S2.C2HF3O2.CH2O2/c1-14(15-5-3-2-4-6-15)28-9-7-16(8-10-28)31-18-11-17(24)22(21(25)20(18)23)33(29,30)27-19-12-32-13-26-19;3-2(4,5)1(6)7;2-1-3/h2-6,11-14,16,27H,7-10H2,1H3;(H,6,7);1H,(H,2,3)/t14-;;/m1../s1. The first-order valence-corrected chi connectivity index (χ1v) is 14.8. The van der Waals surface area contributed by atoms with E-state index in [4.69, 9.17) is 36.1 Å². The fourth-order valence-electron chi connectivity index (χ4n) is 3.84. The number of carbonyl (C=O) groups is 2. The Labute approximate surface area is 251 Å². The average molecular weight is 674 g/mol. The number of benzene rings is 2. The lowest BCUT2D eigenvalue weighted by Gasteiger charge is -2.36. The van der Waals surface area contributed by atoms with Crippen LogP contribution >= 0.6 is 22.9 Å². The molecule has 236 valence electrons. The fraction of sp³-hybridized carbons (Fsp3) is 0.320. The summed E-state index contributed by atoms with van der Waals surface area (Å²) in [5.41, 5.74) is 2.60. The van der Waals surface area contributed by atoms with Crippen molar-refractivity contribution in [3.8, 4) is 5.75 Å². The predicted molar refractivity (Wildman–Crippen MR) is 147 cm³/mol. The van der Waals surface area contributed by atoms with Crippen molar-refractivity contribution in [1.82, 2.24) is 9.88 Å². The highest BCUT2D eigenvalue weighted by atomic mass is 35.5. The highest BCUT2D eigenvalue weighted by Gasteiger charge is 2.38. The maximum Gasteiger partial charge on any atom is 0.490 e. The topological polar surface area (TPSA) is 146 Å². The van der Waals surface area contributed by atoms with Crippen molar-refractivity contribution < 1.29 is 54.9 Å². The molecule has 0 saturated carbocycles. The van der Waals surface area contributed by atoms with Crippen LogP contribution in [0.15, 0.2) is 52.2 Å². The van der Waals surface area contributed by atoms with E-state index in [9.17, 15) is 30.4 Å². The third-order valence-electron chi connectivity index (χ3n) is 5.87. The van der Waals surface area contributed by atoms with E-state index >= 15 is 0 Å². The normalized spacial score (nSPS) is 14.8. The number of aromatic nitrogens is 1.